The maximum absolute atomic E-state index is 12.1. The minimum atomic E-state index is -3.21. The third kappa shape index (κ3) is 2.56. The summed E-state index contributed by atoms with van der Waals surface area (Å²) in [5.74, 6) is 0. The summed E-state index contributed by atoms with van der Waals surface area (Å²) in [4.78, 5) is 9.39. The molecule has 0 radical (unpaired) electrons. The highest BCUT2D eigenvalue weighted by atomic mass is 32.2. The first-order valence-corrected chi connectivity index (χ1v) is 9.03. The maximum atomic E-state index is 12.1. The summed E-state index contributed by atoms with van der Waals surface area (Å²) in [6.45, 7) is 1.69. The molecular weight excluding hydrogens is 300 g/mol. The highest BCUT2D eigenvalue weighted by molar-refractivity contribution is 7.93. The number of benzene rings is 1. The molecule has 1 aliphatic heterocycles. The number of nitrogens with one attached hydrogen (secondary N) is 2. The number of sulfonamides is 1. The van der Waals surface area contributed by atoms with Crippen LogP contribution in [0, 0.1) is 0 Å². The van der Waals surface area contributed by atoms with Gasteiger partial charge in [-0.05, 0) is 37.0 Å². The van der Waals surface area contributed by atoms with Crippen molar-refractivity contribution in [1.29, 1.82) is 0 Å². The van der Waals surface area contributed by atoms with Gasteiger partial charge in [0.05, 0.1) is 29.5 Å². The van der Waals surface area contributed by atoms with Crippen LogP contribution in [0.25, 0.3) is 0 Å². The Labute approximate surface area is 129 Å². The van der Waals surface area contributed by atoms with E-state index in [4.69, 9.17) is 0 Å². The number of aromatic amines is 1. The predicted molar refractivity (Wildman–Crippen MR) is 85.3 cm³/mol. The van der Waals surface area contributed by atoms with E-state index in [2.05, 4.69) is 19.6 Å². The fourth-order valence-corrected chi connectivity index (χ4v) is 4.25. The quantitative estimate of drug-likeness (QED) is 0.882. The number of fused-ring (bicyclic) bond motifs is 1. The van der Waals surface area contributed by atoms with Gasteiger partial charge in [-0.1, -0.05) is 6.07 Å². The number of hydrogen-bond acceptors (Lipinski definition) is 4. The van der Waals surface area contributed by atoms with Gasteiger partial charge in [0.15, 0.2) is 0 Å². The summed E-state index contributed by atoms with van der Waals surface area (Å²) in [7, 11) is -3.21. The van der Waals surface area contributed by atoms with E-state index in [0.29, 0.717) is 5.69 Å². The Morgan fingerprint density at radius 2 is 2.23 bits per heavy atom. The van der Waals surface area contributed by atoms with Crippen molar-refractivity contribution >= 4 is 21.4 Å². The fraction of sp³-hybridized carbons (Fsp3) is 0.400. The minimum Gasteiger partial charge on any atom is -0.365 e. The molecule has 22 heavy (non-hydrogen) atoms. The molecule has 0 atom stereocenters. The first kappa shape index (κ1) is 13.6. The van der Waals surface area contributed by atoms with Crippen molar-refractivity contribution in [2.75, 3.05) is 16.2 Å². The lowest BCUT2D eigenvalue weighted by Crippen LogP contribution is -2.20. The van der Waals surface area contributed by atoms with Gasteiger partial charge < -0.3 is 9.88 Å². The Bertz CT molecular complexity index is 782. The molecule has 1 fully saturated rings. The van der Waals surface area contributed by atoms with Crippen LogP contribution in [0.3, 0.4) is 0 Å². The van der Waals surface area contributed by atoms with Gasteiger partial charge in [-0.25, -0.2) is 13.4 Å². The van der Waals surface area contributed by atoms with Gasteiger partial charge in [-0.3, -0.25) is 4.72 Å². The molecule has 0 bridgehead atoms. The topological polar surface area (TPSA) is 78.1 Å². The van der Waals surface area contributed by atoms with Crippen molar-refractivity contribution in [3.05, 3.63) is 42.0 Å². The molecule has 6 nitrogen and oxygen atoms in total. The predicted octanol–water partition coefficient (Wildman–Crippen LogP) is 1.88. The molecule has 0 spiro atoms. The summed E-state index contributed by atoms with van der Waals surface area (Å²) < 4.78 is 26.8. The summed E-state index contributed by atoms with van der Waals surface area (Å²) in [5, 5.41) is -0.207. The molecule has 1 aromatic carbocycles. The minimum absolute atomic E-state index is 0.207. The number of hydrogen-bond donors (Lipinski definition) is 2. The zero-order chi connectivity index (χ0) is 15.2. The van der Waals surface area contributed by atoms with Crippen molar-refractivity contribution < 1.29 is 8.42 Å². The van der Waals surface area contributed by atoms with E-state index in [-0.39, 0.29) is 5.25 Å². The van der Waals surface area contributed by atoms with E-state index in [1.807, 2.05) is 24.4 Å². The number of aromatic nitrogens is 2. The van der Waals surface area contributed by atoms with E-state index < -0.39 is 10.0 Å². The smallest absolute Gasteiger partial charge is 0.235 e. The van der Waals surface area contributed by atoms with E-state index >= 15 is 0 Å². The van der Waals surface area contributed by atoms with Gasteiger partial charge in [0.1, 0.15) is 0 Å². The molecule has 1 saturated carbocycles. The van der Waals surface area contributed by atoms with Crippen LogP contribution in [0.1, 0.15) is 24.1 Å². The van der Waals surface area contributed by atoms with Crippen LogP contribution in [0.2, 0.25) is 0 Å². The molecule has 0 saturated heterocycles. The first-order chi connectivity index (χ1) is 10.6. The van der Waals surface area contributed by atoms with Crippen LogP contribution in [0.15, 0.2) is 30.7 Å². The average molecular weight is 318 g/mol. The Morgan fingerprint density at radius 1 is 1.36 bits per heavy atom. The van der Waals surface area contributed by atoms with Gasteiger partial charge in [0.2, 0.25) is 10.0 Å². The summed E-state index contributed by atoms with van der Waals surface area (Å²) in [6.07, 6.45) is 6.02. The van der Waals surface area contributed by atoms with Crippen LogP contribution in [-0.2, 0) is 23.0 Å². The Balaban J connectivity index is 1.57. The summed E-state index contributed by atoms with van der Waals surface area (Å²) in [6, 6.07) is 5.82. The van der Waals surface area contributed by atoms with Crippen molar-refractivity contribution in [3.63, 3.8) is 0 Å². The highest BCUT2D eigenvalue weighted by Crippen LogP contribution is 2.34. The highest BCUT2D eigenvalue weighted by Gasteiger charge is 2.35. The molecule has 0 amide bonds. The second-order valence-electron chi connectivity index (χ2n) is 5.94. The van der Waals surface area contributed by atoms with Crippen molar-refractivity contribution in [1.82, 2.24) is 9.97 Å². The lowest BCUT2D eigenvalue weighted by molar-refractivity contribution is 0.600. The van der Waals surface area contributed by atoms with E-state index in [0.717, 1.165) is 43.7 Å². The first-order valence-electron chi connectivity index (χ1n) is 7.48. The Kier molecular flexibility index (Phi) is 3.11. The lowest BCUT2D eigenvalue weighted by Gasteiger charge is -2.19. The van der Waals surface area contributed by atoms with Crippen molar-refractivity contribution in [2.45, 2.75) is 31.1 Å². The van der Waals surface area contributed by atoms with Gasteiger partial charge in [0.25, 0.3) is 0 Å². The molecule has 2 N–H and O–H groups in total. The lowest BCUT2D eigenvalue weighted by atomic mass is 10.1. The fourth-order valence-electron chi connectivity index (χ4n) is 2.88. The molecule has 1 aliphatic carbocycles. The third-order valence-electron chi connectivity index (χ3n) is 4.22. The number of nitrogens with zero attached hydrogens (tertiary/aromatic N) is 2. The average Bonchev–Trinajstić information content (AvgIpc) is 3.12. The largest absolute Gasteiger partial charge is 0.365 e. The molecule has 0 unspecified atom stereocenters. The van der Waals surface area contributed by atoms with E-state index in [1.165, 1.54) is 5.56 Å². The molecule has 2 heterocycles. The Hall–Kier alpha value is -2.02. The van der Waals surface area contributed by atoms with Gasteiger partial charge in [-0.2, -0.15) is 0 Å². The molecule has 2 aliphatic rings. The molecule has 116 valence electrons. The summed E-state index contributed by atoms with van der Waals surface area (Å²) >= 11 is 0. The van der Waals surface area contributed by atoms with E-state index in [9.17, 15) is 8.42 Å². The van der Waals surface area contributed by atoms with Gasteiger partial charge in [0, 0.05) is 18.4 Å². The van der Waals surface area contributed by atoms with Crippen LogP contribution in [-0.4, -0.2) is 30.2 Å². The summed E-state index contributed by atoms with van der Waals surface area (Å²) in [5.41, 5.74) is 4.07. The number of rotatable bonds is 5. The molecule has 2 aromatic rings. The standard InChI is InChI=1S/C15H18N4O2S/c20-22(21,14-3-4-14)18-12-2-1-11-5-6-19(15(11)7-12)9-13-8-16-10-17-13/h1-2,7-8,10,14,18H,3-6,9H2,(H,16,17). The van der Waals surface area contributed by atoms with Gasteiger partial charge in [-0.15, -0.1) is 0 Å². The van der Waals surface area contributed by atoms with E-state index in [1.54, 1.807) is 6.33 Å². The van der Waals surface area contributed by atoms with Crippen LogP contribution in [0.5, 0.6) is 0 Å². The number of imidazole rings is 1. The Morgan fingerprint density at radius 3 is 2.95 bits per heavy atom. The molecule has 1 aromatic heterocycles. The van der Waals surface area contributed by atoms with Gasteiger partial charge >= 0.3 is 0 Å². The second-order valence-corrected chi connectivity index (χ2v) is 7.90. The third-order valence-corrected chi connectivity index (χ3v) is 6.09. The normalized spacial score (nSPS) is 17.5. The van der Waals surface area contributed by atoms with Crippen molar-refractivity contribution in [3.8, 4) is 0 Å². The molecular formula is C15H18N4O2S. The maximum Gasteiger partial charge on any atom is 0.235 e. The van der Waals surface area contributed by atoms with Crippen LogP contribution in [0.4, 0.5) is 11.4 Å². The zero-order valence-electron chi connectivity index (χ0n) is 12.1. The number of H-pyrrole nitrogens is 1. The molecule has 7 heteroatoms. The van der Waals surface area contributed by atoms with Crippen LogP contribution < -0.4 is 9.62 Å². The van der Waals surface area contributed by atoms with Crippen LogP contribution >= 0.6 is 0 Å². The number of anilines is 2. The van der Waals surface area contributed by atoms with Crippen molar-refractivity contribution in [2.24, 2.45) is 0 Å². The molecule has 4 rings (SSSR count). The SMILES string of the molecule is O=S(=O)(Nc1ccc2c(c1)N(Cc1cnc[nH]1)CC2)C1CC1. The second kappa shape index (κ2) is 5.01. The zero-order valence-corrected chi connectivity index (χ0v) is 12.9. The monoisotopic (exact) mass is 318 g/mol.